The fraction of sp³-hybridized carbons (Fsp3) is 0.417. The number of benzene rings is 1. The van der Waals surface area contributed by atoms with E-state index in [2.05, 4.69) is 4.90 Å². The van der Waals surface area contributed by atoms with Gasteiger partial charge in [0.15, 0.2) is 0 Å². The van der Waals surface area contributed by atoms with Crippen molar-refractivity contribution in [2.24, 2.45) is 5.92 Å². The van der Waals surface area contributed by atoms with Gasteiger partial charge in [-0.2, -0.15) is 0 Å². The van der Waals surface area contributed by atoms with E-state index in [9.17, 15) is 4.79 Å². The van der Waals surface area contributed by atoms with Gasteiger partial charge in [-0.1, -0.05) is 30.3 Å². The van der Waals surface area contributed by atoms with E-state index in [4.69, 9.17) is 5.11 Å². The van der Waals surface area contributed by atoms with Crippen LogP contribution in [0.15, 0.2) is 30.3 Å². The van der Waals surface area contributed by atoms with Crippen molar-refractivity contribution in [2.45, 2.75) is 5.92 Å². The van der Waals surface area contributed by atoms with Gasteiger partial charge in [0.25, 0.3) is 0 Å². The summed E-state index contributed by atoms with van der Waals surface area (Å²) in [5.41, 5.74) is 1.13. The maximum absolute atomic E-state index is 11.1. The highest BCUT2D eigenvalue weighted by Gasteiger charge is 2.36. The third-order valence-corrected chi connectivity index (χ3v) is 3.05. The maximum atomic E-state index is 11.1. The fourth-order valence-corrected chi connectivity index (χ4v) is 2.29. The third kappa shape index (κ3) is 2.02. The summed E-state index contributed by atoms with van der Waals surface area (Å²) in [6, 6.07) is 9.91. The first-order chi connectivity index (χ1) is 7.18. The summed E-state index contributed by atoms with van der Waals surface area (Å²) in [7, 11) is 1.97. The van der Waals surface area contributed by atoms with Crippen molar-refractivity contribution in [3.63, 3.8) is 0 Å². The van der Waals surface area contributed by atoms with Crippen molar-refractivity contribution in [2.75, 3.05) is 20.1 Å². The van der Waals surface area contributed by atoms with Gasteiger partial charge >= 0.3 is 5.97 Å². The zero-order valence-corrected chi connectivity index (χ0v) is 8.76. The number of carbonyl (C=O) groups is 1. The molecule has 1 N–H and O–H groups in total. The predicted octanol–water partition coefficient (Wildman–Crippen LogP) is 1.42. The van der Waals surface area contributed by atoms with Gasteiger partial charge in [-0.05, 0) is 12.6 Å². The Kier molecular flexibility index (Phi) is 2.73. The number of likely N-dealkylation sites (N-methyl/N-ethyl adjacent to an activating group) is 1. The van der Waals surface area contributed by atoms with Crippen LogP contribution in [0.5, 0.6) is 0 Å². The molecule has 1 saturated heterocycles. The minimum absolute atomic E-state index is 0.133. The molecule has 80 valence electrons. The minimum atomic E-state index is -0.687. The Morgan fingerprint density at radius 2 is 2.00 bits per heavy atom. The Bertz CT molecular complexity index is 350. The molecule has 2 atom stereocenters. The van der Waals surface area contributed by atoms with Crippen molar-refractivity contribution in [3.05, 3.63) is 35.9 Å². The summed E-state index contributed by atoms with van der Waals surface area (Å²) in [5, 5.41) is 9.14. The standard InChI is InChI=1S/C12H15NO2/c1-13-7-10(11(8-13)12(14)15)9-5-3-2-4-6-9/h2-6,10-11H,7-8H2,1H3,(H,14,15)/t10-,11-/m1/s1. The number of nitrogens with zero attached hydrogens (tertiary/aromatic N) is 1. The molecule has 1 aromatic carbocycles. The Morgan fingerprint density at radius 1 is 1.33 bits per heavy atom. The molecule has 1 aliphatic rings. The van der Waals surface area contributed by atoms with Crippen LogP contribution in [0.4, 0.5) is 0 Å². The number of hydrogen-bond acceptors (Lipinski definition) is 2. The number of hydrogen-bond donors (Lipinski definition) is 1. The largest absolute Gasteiger partial charge is 0.481 e. The minimum Gasteiger partial charge on any atom is -0.481 e. The molecule has 0 spiro atoms. The first-order valence-electron chi connectivity index (χ1n) is 5.15. The van der Waals surface area contributed by atoms with Crippen molar-refractivity contribution < 1.29 is 9.90 Å². The zero-order valence-electron chi connectivity index (χ0n) is 8.76. The van der Waals surface area contributed by atoms with Crippen LogP contribution in [-0.2, 0) is 4.79 Å². The quantitative estimate of drug-likeness (QED) is 0.793. The van der Waals surface area contributed by atoms with Crippen molar-refractivity contribution >= 4 is 5.97 Å². The highest BCUT2D eigenvalue weighted by atomic mass is 16.4. The maximum Gasteiger partial charge on any atom is 0.308 e. The third-order valence-electron chi connectivity index (χ3n) is 3.05. The molecular weight excluding hydrogens is 190 g/mol. The first-order valence-corrected chi connectivity index (χ1v) is 5.15. The molecule has 3 nitrogen and oxygen atoms in total. The topological polar surface area (TPSA) is 40.5 Å². The molecule has 0 radical (unpaired) electrons. The second-order valence-electron chi connectivity index (χ2n) is 4.18. The Hall–Kier alpha value is -1.35. The smallest absolute Gasteiger partial charge is 0.308 e. The molecule has 3 heteroatoms. The summed E-state index contributed by atoms with van der Waals surface area (Å²) in [5.74, 6) is -0.820. The van der Waals surface area contributed by atoms with E-state index in [0.29, 0.717) is 6.54 Å². The zero-order chi connectivity index (χ0) is 10.8. The second-order valence-corrected chi connectivity index (χ2v) is 4.18. The molecular formula is C12H15NO2. The van der Waals surface area contributed by atoms with E-state index in [1.807, 2.05) is 37.4 Å². The highest BCUT2D eigenvalue weighted by molar-refractivity contribution is 5.72. The lowest BCUT2D eigenvalue weighted by molar-refractivity contribution is -0.141. The van der Waals surface area contributed by atoms with Gasteiger partial charge < -0.3 is 10.0 Å². The van der Waals surface area contributed by atoms with E-state index in [0.717, 1.165) is 12.1 Å². The SMILES string of the molecule is CN1C[C@H](c2ccccc2)[C@H](C(=O)O)C1. The lowest BCUT2D eigenvalue weighted by Crippen LogP contribution is -2.21. The van der Waals surface area contributed by atoms with Crippen LogP contribution in [0.2, 0.25) is 0 Å². The molecule has 1 fully saturated rings. The van der Waals surface area contributed by atoms with Crippen LogP contribution in [0.3, 0.4) is 0 Å². The lowest BCUT2D eigenvalue weighted by Gasteiger charge is -2.14. The Morgan fingerprint density at radius 3 is 2.60 bits per heavy atom. The number of carboxylic acid groups (broad SMARTS) is 1. The van der Waals surface area contributed by atoms with E-state index in [1.54, 1.807) is 0 Å². The van der Waals surface area contributed by atoms with E-state index >= 15 is 0 Å². The average Bonchev–Trinajstić information content (AvgIpc) is 2.62. The Balaban J connectivity index is 2.24. The van der Waals surface area contributed by atoms with Crippen molar-refractivity contribution in [3.8, 4) is 0 Å². The monoisotopic (exact) mass is 205 g/mol. The van der Waals surface area contributed by atoms with Crippen LogP contribution >= 0.6 is 0 Å². The van der Waals surface area contributed by atoms with E-state index in [1.165, 1.54) is 0 Å². The van der Waals surface area contributed by atoms with Gasteiger partial charge in [-0.15, -0.1) is 0 Å². The van der Waals surface area contributed by atoms with E-state index in [-0.39, 0.29) is 11.8 Å². The number of rotatable bonds is 2. The highest BCUT2D eigenvalue weighted by Crippen LogP contribution is 2.31. The molecule has 0 aromatic heterocycles. The average molecular weight is 205 g/mol. The number of likely N-dealkylation sites (tertiary alicyclic amines) is 1. The molecule has 0 unspecified atom stereocenters. The number of carboxylic acids is 1. The summed E-state index contributed by atoms with van der Waals surface area (Å²) >= 11 is 0. The van der Waals surface area contributed by atoms with Gasteiger partial charge in [0, 0.05) is 19.0 Å². The van der Waals surface area contributed by atoms with Gasteiger partial charge in [0.1, 0.15) is 0 Å². The molecule has 1 heterocycles. The van der Waals surface area contributed by atoms with Gasteiger partial charge in [-0.25, -0.2) is 0 Å². The normalized spacial score (nSPS) is 26.7. The summed E-state index contributed by atoms with van der Waals surface area (Å²) in [6.45, 7) is 1.48. The molecule has 0 saturated carbocycles. The lowest BCUT2D eigenvalue weighted by atomic mass is 9.89. The van der Waals surface area contributed by atoms with Crippen molar-refractivity contribution in [1.29, 1.82) is 0 Å². The summed E-state index contributed by atoms with van der Waals surface area (Å²) in [6.07, 6.45) is 0. The number of aliphatic carboxylic acids is 1. The van der Waals surface area contributed by atoms with Gasteiger partial charge in [0.05, 0.1) is 5.92 Å². The Labute approximate surface area is 89.3 Å². The molecule has 1 aliphatic heterocycles. The molecule has 15 heavy (non-hydrogen) atoms. The molecule has 0 aliphatic carbocycles. The van der Waals surface area contributed by atoms with Gasteiger partial charge in [0.2, 0.25) is 0 Å². The fourth-order valence-electron chi connectivity index (χ4n) is 2.29. The second kappa shape index (κ2) is 4.03. The van der Waals surface area contributed by atoms with Crippen LogP contribution in [0.25, 0.3) is 0 Å². The molecule has 0 amide bonds. The van der Waals surface area contributed by atoms with Gasteiger partial charge in [-0.3, -0.25) is 4.79 Å². The predicted molar refractivity (Wildman–Crippen MR) is 57.8 cm³/mol. The van der Waals surface area contributed by atoms with Crippen LogP contribution in [0.1, 0.15) is 11.5 Å². The summed E-state index contributed by atoms with van der Waals surface area (Å²) in [4.78, 5) is 13.2. The molecule has 1 aromatic rings. The van der Waals surface area contributed by atoms with Crippen molar-refractivity contribution in [1.82, 2.24) is 4.90 Å². The van der Waals surface area contributed by atoms with E-state index < -0.39 is 5.97 Å². The van der Waals surface area contributed by atoms with Crippen LogP contribution < -0.4 is 0 Å². The molecule has 2 rings (SSSR count). The van der Waals surface area contributed by atoms with Crippen LogP contribution in [-0.4, -0.2) is 36.1 Å². The molecule has 0 bridgehead atoms. The first kappa shape index (κ1) is 10.2. The summed E-state index contributed by atoms with van der Waals surface area (Å²) < 4.78 is 0. The van der Waals surface area contributed by atoms with Crippen LogP contribution in [0, 0.1) is 5.92 Å².